The van der Waals surface area contributed by atoms with E-state index in [4.69, 9.17) is 4.99 Å². The highest BCUT2D eigenvalue weighted by Gasteiger charge is 2.28. The maximum Gasteiger partial charge on any atom is 0.223 e. The molecule has 0 bridgehead atoms. The average Bonchev–Trinajstić information content (AvgIpc) is 3.44. The van der Waals surface area contributed by atoms with Crippen LogP contribution in [0.4, 0.5) is 0 Å². The molecule has 138 valence electrons. The van der Waals surface area contributed by atoms with Gasteiger partial charge in [-0.3, -0.25) is 9.79 Å². The van der Waals surface area contributed by atoms with E-state index < -0.39 is 0 Å². The molecule has 1 atom stereocenters. The third-order valence-electron chi connectivity index (χ3n) is 4.49. The van der Waals surface area contributed by atoms with E-state index in [1.54, 1.807) is 0 Å². The molecule has 1 fully saturated rings. The monoisotopic (exact) mass is 344 g/mol. The average molecular weight is 345 g/mol. The minimum Gasteiger partial charge on any atom is -0.357 e. The van der Waals surface area contributed by atoms with Crippen LogP contribution in [0.25, 0.3) is 0 Å². The van der Waals surface area contributed by atoms with Crippen LogP contribution in [-0.2, 0) is 4.79 Å². The molecule has 3 N–H and O–H groups in total. The molecular weight excluding hydrogens is 312 g/mol. The zero-order valence-electron chi connectivity index (χ0n) is 15.7. The van der Waals surface area contributed by atoms with Gasteiger partial charge in [0, 0.05) is 38.0 Å². The molecule has 2 rings (SSSR count). The Morgan fingerprint density at radius 1 is 1.12 bits per heavy atom. The highest BCUT2D eigenvalue weighted by atomic mass is 16.2. The zero-order valence-corrected chi connectivity index (χ0v) is 15.7. The van der Waals surface area contributed by atoms with Crippen molar-refractivity contribution in [1.29, 1.82) is 0 Å². The quantitative estimate of drug-likeness (QED) is 0.366. The molecule has 1 aliphatic carbocycles. The second-order valence-electron chi connectivity index (χ2n) is 6.97. The van der Waals surface area contributed by atoms with Gasteiger partial charge in [0.05, 0.1) is 0 Å². The Bertz CT molecular complexity index is 552. The Kier molecular flexibility index (Phi) is 7.76. The molecule has 5 nitrogen and oxygen atoms in total. The van der Waals surface area contributed by atoms with Gasteiger partial charge in [0.1, 0.15) is 0 Å². The molecule has 0 heterocycles. The Morgan fingerprint density at radius 3 is 2.40 bits per heavy atom. The molecule has 1 amide bonds. The van der Waals surface area contributed by atoms with Gasteiger partial charge in [0.25, 0.3) is 0 Å². The van der Waals surface area contributed by atoms with Crippen molar-refractivity contribution in [1.82, 2.24) is 16.0 Å². The molecule has 1 saturated carbocycles. The van der Waals surface area contributed by atoms with E-state index in [-0.39, 0.29) is 11.8 Å². The summed E-state index contributed by atoms with van der Waals surface area (Å²) in [4.78, 5) is 16.4. The van der Waals surface area contributed by atoms with Crippen LogP contribution in [0.15, 0.2) is 35.3 Å². The molecule has 1 unspecified atom stereocenters. The first kappa shape index (κ1) is 19.3. The van der Waals surface area contributed by atoms with Gasteiger partial charge < -0.3 is 16.0 Å². The van der Waals surface area contributed by atoms with E-state index >= 15 is 0 Å². The van der Waals surface area contributed by atoms with Gasteiger partial charge in [-0.1, -0.05) is 44.2 Å². The number of nitrogens with zero attached hydrogens (tertiary/aromatic N) is 1. The van der Waals surface area contributed by atoms with Crippen molar-refractivity contribution < 1.29 is 4.79 Å². The first-order valence-corrected chi connectivity index (χ1v) is 9.46. The molecule has 5 heteroatoms. The Hall–Kier alpha value is -2.04. The van der Waals surface area contributed by atoms with E-state index in [9.17, 15) is 4.79 Å². The van der Waals surface area contributed by atoms with Crippen LogP contribution in [-0.4, -0.2) is 38.0 Å². The van der Waals surface area contributed by atoms with E-state index in [0.29, 0.717) is 24.9 Å². The molecule has 1 aromatic carbocycles. The minimum atomic E-state index is 0.188. The third-order valence-corrected chi connectivity index (χ3v) is 4.49. The van der Waals surface area contributed by atoms with Crippen LogP contribution in [0.1, 0.15) is 45.1 Å². The summed E-state index contributed by atoms with van der Waals surface area (Å²) in [6.07, 6.45) is 2.08. The smallest absolute Gasteiger partial charge is 0.223 e. The number of nitrogens with one attached hydrogen (secondary N) is 3. The Labute approximate surface area is 151 Å². The van der Waals surface area contributed by atoms with Gasteiger partial charge in [0.2, 0.25) is 5.91 Å². The molecule has 0 aliphatic heterocycles. The summed E-state index contributed by atoms with van der Waals surface area (Å²) in [5.41, 5.74) is 1.33. The van der Waals surface area contributed by atoms with Crippen molar-refractivity contribution in [2.45, 2.75) is 39.5 Å². The minimum absolute atomic E-state index is 0.188. The lowest BCUT2D eigenvalue weighted by molar-refractivity contribution is -0.122. The molecule has 0 radical (unpaired) electrons. The Morgan fingerprint density at radius 2 is 1.80 bits per heavy atom. The summed E-state index contributed by atoms with van der Waals surface area (Å²) in [6, 6.07) is 10.6. The summed E-state index contributed by atoms with van der Waals surface area (Å²) in [5, 5.41) is 9.55. The van der Waals surface area contributed by atoms with Crippen molar-refractivity contribution in [3.05, 3.63) is 35.9 Å². The number of guanidine groups is 1. The molecular formula is C20H32N4O. The number of hydrogen-bond acceptors (Lipinski definition) is 2. The van der Waals surface area contributed by atoms with Crippen LogP contribution in [0, 0.1) is 11.8 Å². The van der Waals surface area contributed by atoms with E-state index in [1.165, 1.54) is 5.56 Å². The summed E-state index contributed by atoms with van der Waals surface area (Å²) in [5.74, 6) is 2.18. The summed E-state index contributed by atoms with van der Waals surface area (Å²) in [6.45, 7) is 9.41. The van der Waals surface area contributed by atoms with Gasteiger partial charge >= 0.3 is 0 Å². The fourth-order valence-corrected chi connectivity index (χ4v) is 2.79. The van der Waals surface area contributed by atoms with Gasteiger partial charge in [0.15, 0.2) is 5.96 Å². The molecule has 0 aromatic heterocycles. The topological polar surface area (TPSA) is 65.5 Å². The highest BCUT2D eigenvalue weighted by molar-refractivity contribution is 5.81. The lowest BCUT2D eigenvalue weighted by atomic mass is 9.88. The first-order chi connectivity index (χ1) is 12.1. The summed E-state index contributed by atoms with van der Waals surface area (Å²) < 4.78 is 0. The van der Waals surface area contributed by atoms with Gasteiger partial charge in [-0.05, 0) is 31.2 Å². The predicted molar refractivity (Wildman–Crippen MR) is 104 cm³/mol. The van der Waals surface area contributed by atoms with Crippen molar-refractivity contribution >= 4 is 11.9 Å². The van der Waals surface area contributed by atoms with Crippen molar-refractivity contribution in [2.24, 2.45) is 16.8 Å². The molecule has 0 saturated heterocycles. The van der Waals surface area contributed by atoms with Crippen LogP contribution in [0.2, 0.25) is 0 Å². The number of benzene rings is 1. The number of carbonyl (C=O) groups excluding carboxylic acids is 1. The largest absolute Gasteiger partial charge is 0.357 e. The van der Waals surface area contributed by atoms with Crippen LogP contribution >= 0.6 is 0 Å². The Balaban J connectivity index is 1.84. The second-order valence-corrected chi connectivity index (χ2v) is 6.97. The second kappa shape index (κ2) is 10.1. The molecule has 1 aromatic rings. The number of aliphatic imine (C=N–C) groups is 1. The van der Waals surface area contributed by atoms with Crippen molar-refractivity contribution in [3.63, 3.8) is 0 Å². The first-order valence-electron chi connectivity index (χ1n) is 9.46. The molecule has 1 aliphatic rings. The lowest BCUT2D eigenvalue weighted by Gasteiger charge is -2.20. The van der Waals surface area contributed by atoms with Crippen molar-refractivity contribution in [3.8, 4) is 0 Å². The van der Waals surface area contributed by atoms with Crippen LogP contribution in [0.3, 0.4) is 0 Å². The van der Waals surface area contributed by atoms with Gasteiger partial charge in [-0.15, -0.1) is 0 Å². The zero-order chi connectivity index (χ0) is 18.1. The fourth-order valence-electron chi connectivity index (χ4n) is 2.79. The standard InChI is InChI=1S/C20H32N4O/c1-4-21-20(23-13-12-22-19(25)17-10-11-17)24-14-18(15(2)3)16-8-6-5-7-9-16/h5-9,15,17-18H,4,10-14H2,1-3H3,(H,22,25)(H2,21,23,24). The lowest BCUT2D eigenvalue weighted by Crippen LogP contribution is -2.42. The summed E-state index contributed by atoms with van der Waals surface area (Å²) >= 11 is 0. The van der Waals surface area contributed by atoms with E-state index in [0.717, 1.165) is 31.9 Å². The maximum absolute atomic E-state index is 11.6. The maximum atomic E-state index is 11.6. The highest BCUT2D eigenvalue weighted by Crippen LogP contribution is 2.28. The SMILES string of the molecule is CCNC(=NCC(c1ccccc1)C(C)C)NCCNC(=O)C1CC1. The number of amides is 1. The van der Waals surface area contributed by atoms with Gasteiger partial charge in [-0.2, -0.15) is 0 Å². The molecule has 0 spiro atoms. The van der Waals surface area contributed by atoms with Crippen LogP contribution in [0.5, 0.6) is 0 Å². The third kappa shape index (κ3) is 6.77. The number of hydrogen-bond donors (Lipinski definition) is 3. The van der Waals surface area contributed by atoms with Crippen molar-refractivity contribution in [2.75, 3.05) is 26.2 Å². The summed E-state index contributed by atoms with van der Waals surface area (Å²) in [7, 11) is 0. The fraction of sp³-hybridized carbons (Fsp3) is 0.600. The normalized spacial score (nSPS) is 15.8. The molecule has 25 heavy (non-hydrogen) atoms. The number of rotatable bonds is 9. The van der Waals surface area contributed by atoms with E-state index in [1.807, 2.05) is 6.07 Å². The van der Waals surface area contributed by atoms with E-state index in [2.05, 4.69) is 61.0 Å². The van der Waals surface area contributed by atoms with Crippen LogP contribution < -0.4 is 16.0 Å². The predicted octanol–water partition coefficient (Wildman–Crippen LogP) is 2.51. The number of carbonyl (C=O) groups is 1. The van der Waals surface area contributed by atoms with Gasteiger partial charge in [-0.25, -0.2) is 0 Å².